The number of hydrogen-bond donors (Lipinski definition) is 2. The van der Waals surface area contributed by atoms with E-state index < -0.39 is 28.9 Å². The zero-order valence-electron chi connectivity index (χ0n) is 37.0. The Balaban J connectivity index is 1.29. The van der Waals surface area contributed by atoms with Crippen molar-refractivity contribution in [3.8, 4) is 0 Å². The first-order chi connectivity index (χ1) is 26.4. The molecule has 0 bridgehead atoms. The van der Waals surface area contributed by atoms with E-state index in [-0.39, 0.29) is 51.8 Å². The molecule has 1 aromatic rings. The summed E-state index contributed by atoms with van der Waals surface area (Å²) in [6.45, 7) is 22.6. The van der Waals surface area contributed by atoms with Crippen molar-refractivity contribution in [2.45, 2.75) is 145 Å². The summed E-state index contributed by atoms with van der Waals surface area (Å²) in [5.41, 5.74) is 1.54. The summed E-state index contributed by atoms with van der Waals surface area (Å²) in [7, 11) is 4.17. The van der Waals surface area contributed by atoms with Crippen LogP contribution in [0.1, 0.15) is 132 Å². The summed E-state index contributed by atoms with van der Waals surface area (Å²) >= 11 is 6.24. The molecule has 0 heterocycles. The van der Waals surface area contributed by atoms with Crippen LogP contribution in [0.25, 0.3) is 0 Å². The Morgan fingerprint density at radius 3 is 2.19 bits per heavy atom. The number of benzene rings is 1. The van der Waals surface area contributed by atoms with Gasteiger partial charge in [-0.2, -0.15) is 0 Å². The maximum absolute atomic E-state index is 14.3. The summed E-state index contributed by atoms with van der Waals surface area (Å²) in [4.78, 5) is 43.8. The van der Waals surface area contributed by atoms with E-state index in [2.05, 4.69) is 84.5 Å². The minimum absolute atomic E-state index is 0.0308. The number of carboxylic acids is 1. The second-order valence-electron chi connectivity index (χ2n) is 21.7. The van der Waals surface area contributed by atoms with Gasteiger partial charge in [-0.1, -0.05) is 77.8 Å². The Morgan fingerprint density at radius 2 is 1.58 bits per heavy atom. The lowest BCUT2D eigenvalue weighted by Crippen LogP contribution is -2.66. The number of esters is 1. The Morgan fingerprint density at radius 1 is 0.912 bits per heavy atom. The maximum atomic E-state index is 14.3. The number of carbonyl (C=O) groups is 3. The first-order valence-electron chi connectivity index (χ1n) is 21.9. The van der Waals surface area contributed by atoms with Crippen LogP contribution in [-0.2, 0) is 25.7 Å². The van der Waals surface area contributed by atoms with E-state index >= 15 is 0 Å². The van der Waals surface area contributed by atoms with Gasteiger partial charge >= 0.3 is 11.9 Å². The van der Waals surface area contributed by atoms with Gasteiger partial charge in [-0.3, -0.25) is 19.3 Å². The number of fused-ring (bicyclic) bond motifs is 7. The number of nitrogens with zero attached hydrogens (tertiary/aromatic N) is 2. The van der Waals surface area contributed by atoms with Crippen LogP contribution in [0.4, 0.5) is 0 Å². The molecule has 9 atom stereocenters. The molecule has 8 nitrogen and oxygen atoms in total. The average molecular weight is 810 g/mol. The summed E-state index contributed by atoms with van der Waals surface area (Å²) in [6, 6.07) is 8.00. The SMILES string of the molecule is CC(C)C1=C2[C@H]3CC[C@@H]4[C@@]5(C)CC[C@H](OC(=O)CC(C)(C)C(=O)O)C(C)(C)[C@H]5CC[C@@]4(C)[C@]3(C)CC[C@@]2([C@@H](O)CN(CCN(C)C)Cc2ccc(Cl)cc2)CC1=O. The molecule has 9 heteroatoms. The fraction of sp³-hybridized carbons (Fsp3) is 0.771. The number of ether oxygens (including phenoxy) is 1. The predicted octanol–water partition coefficient (Wildman–Crippen LogP) is 9.46. The number of aliphatic hydroxyl groups is 1. The number of likely N-dealkylation sites (N-methyl/N-ethyl adjacent to an activating group) is 1. The molecule has 0 amide bonds. The number of carbonyl (C=O) groups excluding carboxylic acids is 2. The van der Waals surface area contributed by atoms with Gasteiger partial charge < -0.3 is 19.8 Å². The van der Waals surface area contributed by atoms with Gasteiger partial charge in [0.25, 0.3) is 0 Å². The van der Waals surface area contributed by atoms with E-state index in [9.17, 15) is 24.6 Å². The molecule has 0 radical (unpaired) electrons. The van der Waals surface area contributed by atoms with Crippen molar-refractivity contribution in [1.29, 1.82) is 0 Å². The monoisotopic (exact) mass is 809 g/mol. The lowest BCUT2D eigenvalue weighted by molar-refractivity contribution is -0.235. The molecule has 57 heavy (non-hydrogen) atoms. The highest BCUT2D eigenvalue weighted by atomic mass is 35.5. The van der Waals surface area contributed by atoms with E-state index in [1.54, 1.807) is 13.8 Å². The average Bonchev–Trinajstić information content (AvgIpc) is 3.42. The van der Waals surface area contributed by atoms with Crippen LogP contribution >= 0.6 is 11.6 Å². The van der Waals surface area contributed by atoms with Gasteiger partial charge in [-0.05, 0) is 142 Å². The van der Waals surface area contributed by atoms with Gasteiger partial charge in [-0.15, -0.1) is 0 Å². The molecule has 0 unspecified atom stereocenters. The molecule has 5 aliphatic rings. The molecule has 0 aromatic heterocycles. The number of aliphatic hydroxyl groups excluding tert-OH is 1. The van der Waals surface area contributed by atoms with E-state index in [1.807, 2.05) is 12.1 Å². The number of allylic oxidation sites excluding steroid dienone is 1. The standard InChI is InChI=1S/C48H73ClN2O6/c1-30(2)40-34(52)26-48(37(53)29-51(25-24-50(10)11)28-31-12-14-32(49)15-13-31)23-22-46(8)33(41(40)48)16-17-36-45(7)20-19-38(57-39(54)27-43(3,4)42(55)56)44(5,6)35(45)18-21-47(36,46)9/h12-15,30,33,35-38,53H,16-29H2,1-11H3,(H,55,56)/t33-,35-,36-,37+,38+,45+,46-,47-,48+/m1/s1. The highest BCUT2D eigenvalue weighted by molar-refractivity contribution is 6.30. The Hall–Kier alpha value is -2.26. The van der Waals surface area contributed by atoms with Crippen molar-refractivity contribution in [3.63, 3.8) is 0 Å². The summed E-state index contributed by atoms with van der Waals surface area (Å²) < 4.78 is 6.20. The quantitative estimate of drug-likeness (QED) is 0.190. The second kappa shape index (κ2) is 15.6. The topological polar surface area (TPSA) is 107 Å². The van der Waals surface area contributed by atoms with Crippen LogP contribution in [0.15, 0.2) is 35.4 Å². The number of ketones is 1. The molecular weight excluding hydrogens is 736 g/mol. The van der Waals surface area contributed by atoms with Crippen molar-refractivity contribution in [3.05, 3.63) is 46.0 Å². The third-order valence-corrected chi connectivity index (χ3v) is 17.4. The zero-order valence-corrected chi connectivity index (χ0v) is 37.7. The molecule has 1 aromatic carbocycles. The second-order valence-corrected chi connectivity index (χ2v) is 22.2. The lowest BCUT2D eigenvalue weighted by Gasteiger charge is -2.72. The van der Waals surface area contributed by atoms with Gasteiger partial charge in [0.15, 0.2) is 5.78 Å². The van der Waals surface area contributed by atoms with Crippen LogP contribution in [0.3, 0.4) is 0 Å². The highest BCUT2D eigenvalue weighted by Gasteiger charge is 2.71. The normalized spacial score (nSPS) is 35.5. The van der Waals surface area contributed by atoms with Crippen molar-refractivity contribution < 1.29 is 29.3 Å². The highest BCUT2D eigenvalue weighted by Crippen LogP contribution is 2.77. The number of Topliss-reactive ketones (excluding diaryl/α,β-unsaturated/α-hetero) is 1. The van der Waals surface area contributed by atoms with E-state index in [4.69, 9.17) is 16.3 Å². The third-order valence-electron chi connectivity index (χ3n) is 17.1. The van der Waals surface area contributed by atoms with Crippen LogP contribution in [0.5, 0.6) is 0 Å². The Kier molecular flexibility index (Phi) is 12.2. The summed E-state index contributed by atoms with van der Waals surface area (Å²) in [5.74, 6) is 0.00261. The fourth-order valence-corrected chi connectivity index (χ4v) is 13.9. The molecule has 4 fully saturated rings. The largest absolute Gasteiger partial charge is 0.481 e. The molecule has 0 aliphatic heterocycles. The molecule has 0 spiro atoms. The van der Waals surface area contributed by atoms with E-state index in [1.165, 1.54) is 5.57 Å². The minimum Gasteiger partial charge on any atom is -0.481 e. The number of hydrogen-bond acceptors (Lipinski definition) is 7. The van der Waals surface area contributed by atoms with Crippen molar-refractivity contribution in [2.24, 2.45) is 56.2 Å². The van der Waals surface area contributed by atoms with E-state index in [0.29, 0.717) is 36.4 Å². The molecule has 4 saturated carbocycles. The van der Waals surface area contributed by atoms with Crippen LogP contribution in [0.2, 0.25) is 5.02 Å². The van der Waals surface area contributed by atoms with Gasteiger partial charge in [0, 0.05) is 48.5 Å². The fourth-order valence-electron chi connectivity index (χ4n) is 13.8. The molecule has 0 saturated heterocycles. The summed E-state index contributed by atoms with van der Waals surface area (Å²) in [5, 5.41) is 23.0. The number of halogens is 1. The van der Waals surface area contributed by atoms with Crippen molar-refractivity contribution in [2.75, 3.05) is 33.7 Å². The smallest absolute Gasteiger partial charge is 0.309 e. The molecule has 5 aliphatic carbocycles. The van der Waals surface area contributed by atoms with Gasteiger partial charge in [0.1, 0.15) is 6.10 Å². The lowest BCUT2D eigenvalue weighted by atomic mass is 9.33. The minimum atomic E-state index is -1.17. The van der Waals surface area contributed by atoms with Crippen molar-refractivity contribution >= 4 is 29.3 Å². The molecule has 6 rings (SSSR count). The van der Waals surface area contributed by atoms with Gasteiger partial charge in [0.05, 0.1) is 17.9 Å². The summed E-state index contributed by atoms with van der Waals surface area (Å²) in [6.07, 6.45) is 7.13. The number of aliphatic carboxylic acids is 1. The van der Waals surface area contributed by atoms with Crippen LogP contribution < -0.4 is 0 Å². The van der Waals surface area contributed by atoms with E-state index in [0.717, 1.165) is 75.6 Å². The number of rotatable bonds is 13. The molecule has 318 valence electrons. The third kappa shape index (κ3) is 7.58. The Bertz CT molecular complexity index is 1740. The zero-order chi connectivity index (χ0) is 42.1. The maximum Gasteiger partial charge on any atom is 0.309 e. The van der Waals surface area contributed by atoms with Crippen LogP contribution in [0, 0.1) is 56.2 Å². The Labute approximate surface area is 348 Å². The first kappa shape index (κ1) is 44.3. The predicted molar refractivity (Wildman–Crippen MR) is 227 cm³/mol. The molecule has 2 N–H and O–H groups in total. The molecular formula is C48H73ClN2O6. The number of carboxylic acid groups (broad SMARTS) is 1. The van der Waals surface area contributed by atoms with Gasteiger partial charge in [-0.25, -0.2) is 0 Å². The van der Waals surface area contributed by atoms with Crippen LogP contribution in [-0.4, -0.2) is 83.7 Å². The van der Waals surface area contributed by atoms with Crippen molar-refractivity contribution in [1.82, 2.24) is 9.80 Å². The first-order valence-corrected chi connectivity index (χ1v) is 22.3. The van der Waals surface area contributed by atoms with Gasteiger partial charge in [0.2, 0.25) is 0 Å².